The molecule has 3 rings (SSSR count). The largest absolute Gasteiger partial charge is 0.326 e. The molecular formula is C24H24N2O4S. The lowest BCUT2D eigenvalue weighted by molar-refractivity contribution is -0.116. The summed E-state index contributed by atoms with van der Waals surface area (Å²) in [6, 6.07) is 20.1. The Morgan fingerprint density at radius 2 is 1.48 bits per heavy atom. The van der Waals surface area contributed by atoms with Gasteiger partial charge in [-0.25, -0.2) is 8.42 Å². The number of aryl methyl sites for hydroxylation is 2. The highest BCUT2D eigenvalue weighted by Gasteiger charge is 2.15. The van der Waals surface area contributed by atoms with Crippen molar-refractivity contribution in [2.75, 3.05) is 10.0 Å². The smallest absolute Gasteiger partial charge is 0.261 e. The van der Waals surface area contributed by atoms with Gasteiger partial charge in [-0.2, -0.15) is 0 Å². The summed E-state index contributed by atoms with van der Waals surface area (Å²) in [6.07, 6.45) is 0.144. The van der Waals surface area contributed by atoms with Gasteiger partial charge < -0.3 is 5.32 Å². The number of carbonyl (C=O) groups is 2. The predicted molar refractivity (Wildman–Crippen MR) is 122 cm³/mol. The number of hydrogen-bond donors (Lipinski definition) is 2. The molecule has 1 amide bonds. The van der Waals surface area contributed by atoms with Gasteiger partial charge in [0, 0.05) is 29.8 Å². The van der Waals surface area contributed by atoms with Crippen LogP contribution in [0, 0.1) is 13.8 Å². The minimum atomic E-state index is -3.73. The number of hydrogen-bond acceptors (Lipinski definition) is 4. The molecule has 160 valence electrons. The fraction of sp³-hybridized carbons (Fsp3) is 0.167. The van der Waals surface area contributed by atoms with Crippen molar-refractivity contribution in [1.29, 1.82) is 0 Å². The first-order valence-corrected chi connectivity index (χ1v) is 11.3. The number of anilines is 2. The van der Waals surface area contributed by atoms with Gasteiger partial charge in [0.05, 0.1) is 4.90 Å². The number of rotatable bonds is 8. The summed E-state index contributed by atoms with van der Waals surface area (Å²) in [4.78, 5) is 24.7. The summed E-state index contributed by atoms with van der Waals surface area (Å²) in [5.74, 6) is -0.388. The average molecular weight is 437 g/mol. The van der Waals surface area contributed by atoms with Crippen LogP contribution in [0.4, 0.5) is 11.4 Å². The summed E-state index contributed by atoms with van der Waals surface area (Å²) in [7, 11) is -3.73. The van der Waals surface area contributed by atoms with Crippen molar-refractivity contribution in [2.45, 2.75) is 31.6 Å². The molecule has 3 aromatic carbocycles. The molecule has 0 atom stereocenters. The number of para-hydroxylation sites is 1. The SMILES string of the molecule is Cc1ccc(C)c(C(=O)CCC(=O)Nc2ccc(S(=O)(=O)Nc3ccccc3)cc2)c1. The molecule has 0 saturated heterocycles. The summed E-state index contributed by atoms with van der Waals surface area (Å²) in [5.41, 5.74) is 3.44. The number of carbonyl (C=O) groups excluding carboxylic acids is 2. The maximum Gasteiger partial charge on any atom is 0.261 e. The van der Waals surface area contributed by atoms with Crippen molar-refractivity contribution in [1.82, 2.24) is 0 Å². The minimum Gasteiger partial charge on any atom is -0.326 e. The highest BCUT2D eigenvalue weighted by atomic mass is 32.2. The highest BCUT2D eigenvalue weighted by Crippen LogP contribution is 2.19. The lowest BCUT2D eigenvalue weighted by atomic mass is 9.99. The van der Waals surface area contributed by atoms with Crippen molar-refractivity contribution in [2.24, 2.45) is 0 Å². The first-order chi connectivity index (χ1) is 14.7. The zero-order chi connectivity index (χ0) is 22.4. The van der Waals surface area contributed by atoms with Gasteiger partial charge in [0.1, 0.15) is 0 Å². The van der Waals surface area contributed by atoms with E-state index in [0.29, 0.717) is 16.9 Å². The Hall–Kier alpha value is -3.45. The lowest BCUT2D eigenvalue weighted by Gasteiger charge is -2.10. The Bertz CT molecular complexity index is 1190. The molecular weight excluding hydrogens is 412 g/mol. The van der Waals surface area contributed by atoms with Crippen LogP contribution in [0.3, 0.4) is 0 Å². The second-order valence-electron chi connectivity index (χ2n) is 7.29. The van der Waals surface area contributed by atoms with Crippen LogP contribution in [0.15, 0.2) is 77.7 Å². The van der Waals surface area contributed by atoms with E-state index >= 15 is 0 Å². The lowest BCUT2D eigenvalue weighted by Crippen LogP contribution is -2.15. The number of sulfonamides is 1. The molecule has 0 unspecified atom stereocenters. The van der Waals surface area contributed by atoms with E-state index in [4.69, 9.17) is 0 Å². The summed E-state index contributed by atoms with van der Waals surface area (Å²) < 4.78 is 27.4. The number of Topliss-reactive ketones (excluding diaryl/α,β-unsaturated/α-hetero) is 1. The highest BCUT2D eigenvalue weighted by molar-refractivity contribution is 7.92. The van der Waals surface area contributed by atoms with Crippen LogP contribution in [0.2, 0.25) is 0 Å². The Labute approximate surface area is 182 Å². The minimum absolute atomic E-state index is 0.0435. The quantitative estimate of drug-likeness (QED) is 0.501. The first-order valence-electron chi connectivity index (χ1n) is 9.83. The average Bonchev–Trinajstić information content (AvgIpc) is 2.74. The van der Waals surface area contributed by atoms with E-state index in [-0.39, 0.29) is 29.4 Å². The number of benzene rings is 3. The van der Waals surface area contributed by atoms with Crippen LogP contribution in [-0.2, 0) is 14.8 Å². The van der Waals surface area contributed by atoms with Crippen LogP contribution in [0.5, 0.6) is 0 Å². The molecule has 0 spiro atoms. The number of amides is 1. The monoisotopic (exact) mass is 436 g/mol. The van der Waals surface area contributed by atoms with Crippen molar-refractivity contribution in [3.05, 3.63) is 89.5 Å². The fourth-order valence-corrected chi connectivity index (χ4v) is 4.12. The molecule has 0 saturated carbocycles. The Morgan fingerprint density at radius 1 is 0.806 bits per heavy atom. The molecule has 7 heteroatoms. The molecule has 0 bridgehead atoms. The Morgan fingerprint density at radius 3 is 2.16 bits per heavy atom. The molecule has 31 heavy (non-hydrogen) atoms. The number of nitrogens with one attached hydrogen (secondary N) is 2. The second-order valence-corrected chi connectivity index (χ2v) is 8.97. The van der Waals surface area contributed by atoms with E-state index in [9.17, 15) is 18.0 Å². The van der Waals surface area contributed by atoms with Crippen LogP contribution in [-0.4, -0.2) is 20.1 Å². The molecule has 0 fully saturated rings. The Balaban J connectivity index is 1.57. The third-order valence-electron chi connectivity index (χ3n) is 4.75. The van der Waals surface area contributed by atoms with E-state index in [1.54, 1.807) is 30.3 Å². The maximum atomic E-state index is 12.5. The fourth-order valence-electron chi connectivity index (χ4n) is 3.06. The number of ketones is 1. The zero-order valence-corrected chi connectivity index (χ0v) is 18.2. The second kappa shape index (κ2) is 9.57. The van der Waals surface area contributed by atoms with Crippen molar-refractivity contribution >= 4 is 33.1 Å². The van der Waals surface area contributed by atoms with Gasteiger partial charge in [-0.1, -0.05) is 35.9 Å². The molecule has 6 nitrogen and oxygen atoms in total. The van der Waals surface area contributed by atoms with Gasteiger partial charge in [0.25, 0.3) is 10.0 Å². The van der Waals surface area contributed by atoms with Gasteiger partial charge in [0.15, 0.2) is 5.78 Å². The van der Waals surface area contributed by atoms with Gasteiger partial charge in [-0.3, -0.25) is 14.3 Å². The third-order valence-corrected chi connectivity index (χ3v) is 6.14. The van der Waals surface area contributed by atoms with Gasteiger partial charge in [-0.15, -0.1) is 0 Å². The van der Waals surface area contributed by atoms with E-state index < -0.39 is 10.0 Å². The summed E-state index contributed by atoms with van der Waals surface area (Å²) in [5, 5.41) is 2.70. The van der Waals surface area contributed by atoms with Crippen molar-refractivity contribution in [3.63, 3.8) is 0 Å². The van der Waals surface area contributed by atoms with Crippen LogP contribution in [0.25, 0.3) is 0 Å². The topological polar surface area (TPSA) is 92.3 Å². The van der Waals surface area contributed by atoms with E-state index in [2.05, 4.69) is 10.0 Å². The molecule has 0 aromatic heterocycles. The van der Waals surface area contributed by atoms with Crippen LogP contribution < -0.4 is 10.0 Å². The standard InChI is InChI=1S/C24H24N2O4S/c1-17-8-9-18(2)22(16-17)23(27)14-15-24(28)25-19-10-12-21(13-11-19)31(29,30)26-20-6-4-3-5-7-20/h3-13,16,26H,14-15H2,1-2H3,(H,25,28). The molecule has 0 heterocycles. The van der Waals surface area contributed by atoms with Crippen molar-refractivity contribution in [3.8, 4) is 0 Å². The molecule has 2 N–H and O–H groups in total. The zero-order valence-electron chi connectivity index (χ0n) is 17.4. The molecule has 3 aromatic rings. The normalized spacial score (nSPS) is 11.0. The molecule has 0 aliphatic heterocycles. The molecule has 0 radical (unpaired) electrons. The van der Waals surface area contributed by atoms with Gasteiger partial charge in [0.2, 0.25) is 5.91 Å². The molecule has 0 aliphatic carbocycles. The summed E-state index contributed by atoms with van der Waals surface area (Å²) in [6.45, 7) is 3.79. The van der Waals surface area contributed by atoms with E-state index in [1.807, 2.05) is 32.0 Å². The Kier molecular flexibility index (Phi) is 6.87. The molecule has 0 aliphatic rings. The third kappa shape index (κ3) is 6.02. The maximum absolute atomic E-state index is 12.5. The van der Waals surface area contributed by atoms with Crippen molar-refractivity contribution < 1.29 is 18.0 Å². The van der Waals surface area contributed by atoms with Crippen LogP contribution >= 0.6 is 0 Å². The van der Waals surface area contributed by atoms with Gasteiger partial charge in [-0.05, 0) is 61.9 Å². The van der Waals surface area contributed by atoms with Crippen LogP contribution in [0.1, 0.15) is 34.3 Å². The van der Waals surface area contributed by atoms with Gasteiger partial charge >= 0.3 is 0 Å². The first kappa shape index (κ1) is 22.2. The predicted octanol–water partition coefficient (Wildman–Crippen LogP) is 4.71. The van der Waals surface area contributed by atoms with E-state index in [0.717, 1.165) is 11.1 Å². The van der Waals surface area contributed by atoms with E-state index in [1.165, 1.54) is 24.3 Å². The summed E-state index contributed by atoms with van der Waals surface area (Å²) >= 11 is 0.